The number of aryl methyl sites for hydroxylation is 2. The number of nitrogen functional groups attached to an aromatic ring is 1. The molecule has 102 valence electrons. The summed E-state index contributed by atoms with van der Waals surface area (Å²) >= 11 is 0. The summed E-state index contributed by atoms with van der Waals surface area (Å²) in [4.78, 5) is 14.2. The standard InChI is InChI=1S/C13H24N4O/c1-8(2)7-9(3)16(5)13(18)12-11(14)10(4)15-17(12)6/h8-9H,7,14H2,1-6H3. The lowest BCUT2D eigenvalue weighted by Gasteiger charge is -2.26. The quantitative estimate of drug-likeness (QED) is 0.889. The second-order valence-electron chi connectivity index (χ2n) is 5.37. The molecule has 0 saturated carbocycles. The van der Waals surface area contributed by atoms with Crippen molar-refractivity contribution in [3.05, 3.63) is 11.4 Å². The van der Waals surface area contributed by atoms with Crippen LogP contribution in [0.25, 0.3) is 0 Å². The number of anilines is 1. The minimum absolute atomic E-state index is 0.0660. The van der Waals surface area contributed by atoms with Gasteiger partial charge in [0.2, 0.25) is 0 Å². The largest absolute Gasteiger partial charge is 0.395 e. The lowest BCUT2D eigenvalue weighted by atomic mass is 10.0. The summed E-state index contributed by atoms with van der Waals surface area (Å²) in [5.74, 6) is 0.490. The Morgan fingerprint density at radius 2 is 2.00 bits per heavy atom. The van der Waals surface area contributed by atoms with E-state index in [4.69, 9.17) is 5.73 Å². The minimum atomic E-state index is -0.0660. The van der Waals surface area contributed by atoms with Gasteiger partial charge in [0.15, 0.2) is 0 Å². The van der Waals surface area contributed by atoms with E-state index in [0.29, 0.717) is 23.0 Å². The zero-order valence-corrected chi connectivity index (χ0v) is 12.2. The van der Waals surface area contributed by atoms with Crippen LogP contribution in [0.15, 0.2) is 0 Å². The van der Waals surface area contributed by atoms with Crippen LogP contribution in [0.1, 0.15) is 43.4 Å². The van der Waals surface area contributed by atoms with Crippen LogP contribution in [0.3, 0.4) is 0 Å². The van der Waals surface area contributed by atoms with Crippen LogP contribution in [-0.2, 0) is 7.05 Å². The molecule has 1 heterocycles. The van der Waals surface area contributed by atoms with E-state index in [1.807, 2.05) is 14.0 Å². The first-order valence-electron chi connectivity index (χ1n) is 6.31. The average Bonchev–Trinajstić information content (AvgIpc) is 2.50. The van der Waals surface area contributed by atoms with Gasteiger partial charge in [0.1, 0.15) is 5.69 Å². The number of nitrogens with zero attached hydrogens (tertiary/aromatic N) is 3. The summed E-state index contributed by atoms with van der Waals surface area (Å²) in [5.41, 5.74) is 7.57. The van der Waals surface area contributed by atoms with E-state index in [2.05, 4.69) is 25.9 Å². The van der Waals surface area contributed by atoms with Crippen molar-refractivity contribution in [2.45, 2.75) is 40.2 Å². The van der Waals surface area contributed by atoms with Crippen molar-refractivity contribution in [2.75, 3.05) is 12.8 Å². The lowest BCUT2D eigenvalue weighted by Crippen LogP contribution is -2.37. The van der Waals surface area contributed by atoms with Crippen molar-refractivity contribution in [3.63, 3.8) is 0 Å². The van der Waals surface area contributed by atoms with Crippen LogP contribution in [0, 0.1) is 12.8 Å². The topological polar surface area (TPSA) is 64.2 Å². The van der Waals surface area contributed by atoms with Gasteiger partial charge in [-0.1, -0.05) is 13.8 Å². The summed E-state index contributed by atoms with van der Waals surface area (Å²) in [6.07, 6.45) is 0.971. The first-order valence-corrected chi connectivity index (χ1v) is 6.31. The van der Waals surface area contributed by atoms with E-state index in [9.17, 15) is 4.79 Å². The molecule has 0 aliphatic carbocycles. The van der Waals surface area contributed by atoms with Gasteiger partial charge in [-0.2, -0.15) is 5.10 Å². The molecule has 1 aromatic heterocycles. The minimum Gasteiger partial charge on any atom is -0.395 e. The molecule has 0 saturated heterocycles. The first kappa shape index (κ1) is 14.5. The van der Waals surface area contributed by atoms with Gasteiger partial charge in [0.25, 0.3) is 5.91 Å². The molecule has 0 fully saturated rings. The predicted molar refractivity (Wildman–Crippen MR) is 73.4 cm³/mol. The van der Waals surface area contributed by atoms with Crippen LogP contribution in [-0.4, -0.2) is 33.7 Å². The molecule has 18 heavy (non-hydrogen) atoms. The maximum atomic E-state index is 12.4. The molecule has 5 heteroatoms. The number of amides is 1. The zero-order chi connectivity index (χ0) is 14.0. The third kappa shape index (κ3) is 2.83. The summed E-state index contributed by atoms with van der Waals surface area (Å²) in [5, 5.41) is 4.18. The van der Waals surface area contributed by atoms with E-state index in [1.54, 1.807) is 16.6 Å². The molecular formula is C13H24N4O. The highest BCUT2D eigenvalue weighted by molar-refractivity contribution is 5.98. The number of hydrogen-bond acceptors (Lipinski definition) is 3. The molecule has 1 aromatic rings. The number of hydrogen-bond donors (Lipinski definition) is 1. The monoisotopic (exact) mass is 252 g/mol. The van der Waals surface area contributed by atoms with Gasteiger partial charge in [-0.25, -0.2) is 0 Å². The number of aromatic nitrogens is 2. The third-order valence-electron chi connectivity index (χ3n) is 3.27. The van der Waals surface area contributed by atoms with Gasteiger partial charge < -0.3 is 10.6 Å². The number of carbonyl (C=O) groups is 1. The molecule has 1 unspecified atom stereocenters. The first-order chi connectivity index (χ1) is 8.25. The molecular weight excluding hydrogens is 228 g/mol. The van der Waals surface area contributed by atoms with Crippen molar-refractivity contribution >= 4 is 11.6 Å². The smallest absolute Gasteiger partial charge is 0.274 e. The molecule has 1 rings (SSSR count). The fourth-order valence-corrected chi connectivity index (χ4v) is 2.14. The van der Waals surface area contributed by atoms with Gasteiger partial charge in [-0.05, 0) is 26.2 Å². The van der Waals surface area contributed by atoms with Gasteiger partial charge in [0.05, 0.1) is 11.4 Å². The summed E-state index contributed by atoms with van der Waals surface area (Å²) in [6.45, 7) is 8.16. The average molecular weight is 252 g/mol. The number of nitrogens with two attached hydrogens (primary N) is 1. The molecule has 0 spiro atoms. The van der Waals surface area contributed by atoms with Gasteiger partial charge in [0, 0.05) is 20.1 Å². The summed E-state index contributed by atoms with van der Waals surface area (Å²) < 4.78 is 1.56. The van der Waals surface area contributed by atoms with Gasteiger partial charge in [-0.15, -0.1) is 0 Å². The molecule has 5 nitrogen and oxygen atoms in total. The third-order valence-corrected chi connectivity index (χ3v) is 3.27. The summed E-state index contributed by atoms with van der Waals surface area (Å²) in [6, 6.07) is 0.187. The SMILES string of the molecule is Cc1nn(C)c(C(=O)N(C)C(C)CC(C)C)c1N. The lowest BCUT2D eigenvalue weighted by molar-refractivity contribution is 0.0718. The Balaban J connectivity index is 2.93. The van der Waals surface area contributed by atoms with E-state index in [1.165, 1.54) is 0 Å². The van der Waals surface area contributed by atoms with Gasteiger partial charge in [-0.3, -0.25) is 9.48 Å². The molecule has 2 N–H and O–H groups in total. The number of rotatable bonds is 4. The summed E-state index contributed by atoms with van der Waals surface area (Å²) in [7, 11) is 3.56. The molecule has 1 atom stereocenters. The van der Waals surface area contributed by atoms with Crippen molar-refractivity contribution in [3.8, 4) is 0 Å². The highest BCUT2D eigenvalue weighted by atomic mass is 16.2. The van der Waals surface area contributed by atoms with Crippen molar-refractivity contribution in [1.82, 2.24) is 14.7 Å². The Hall–Kier alpha value is -1.52. The van der Waals surface area contributed by atoms with Crippen molar-refractivity contribution in [2.24, 2.45) is 13.0 Å². The second-order valence-corrected chi connectivity index (χ2v) is 5.37. The maximum absolute atomic E-state index is 12.4. The van der Waals surface area contributed by atoms with Crippen LogP contribution < -0.4 is 5.73 Å². The molecule has 0 aromatic carbocycles. The molecule has 0 radical (unpaired) electrons. The molecule has 1 amide bonds. The van der Waals surface area contributed by atoms with E-state index in [0.717, 1.165) is 6.42 Å². The van der Waals surface area contributed by atoms with E-state index >= 15 is 0 Å². The fraction of sp³-hybridized carbons (Fsp3) is 0.692. The normalized spacial score (nSPS) is 12.8. The van der Waals surface area contributed by atoms with E-state index in [-0.39, 0.29) is 11.9 Å². The fourth-order valence-electron chi connectivity index (χ4n) is 2.14. The van der Waals surface area contributed by atoms with Gasteiger partial charge >= 0.3 is 0 Å². The Bertz CT molecular complexity index is 436. The molecule has 0 aliphatic heterocycles. The Morgan fingerprint density at radius 3 is 2.39 bits per heavy atom. The number of carbonyl (C=O) groups excluding carboxylic acids is 1. The predicted octanol–water partition coefficient (Wildman–Crippen LogP) is 1.82. The van der Waals surface area contributed by atoms with Crippen LogP contribution >= 0.6 is 0 Å². The highest BCUT2D eigenvalue weighted by Crippen LogP contribution is 2.19. The Labute approximate surface area is 109 Å². The van der Waals surface area contributed by atoms with E-state index < -0.39 is 0 Å². The van der Waals surface area contributed by atoms with Crippen molar-refractivity contribution in [1.29, 1.82) is 0 Å². The zero-order valence-electron chi connectivity index (χ0n) is 12.2. The van der Waals surface area contributed by atoms with Crippen LogP contribution in [0.2, 0.25) is 0 Å². The molecule has 0 bridgehead atoms. The molecule has 0 aliphatic rings. The van der Waals surface area contributed by atoms with Crippen molar-refractivity contribution < 1.29 is 4.79 Å². The maximum Gasteiger partial charge on any atom is 0.274 e. The Kier molecular flexibility index (Phi) is 4.38. The highest BCUT2D eigenvalue weighted by Gasteiger charge is 2.24. The van der Waals surface area contributed by atoms with Crippen LogP contribution in [0.4, 0.5) is 5.69 Å². The Morgan fingerprint density at radius 1 is 1.44 bits per heavy atom. The second kappa shape index (κ2) is 5.42. The van der Waals surface area contributed by atoms with Crippen LogP contribution in [0.5, 0.6) is 0 Å².